The Bertz CT molecular complexity index is 571. The monoisotopic (exact) mass is 343 g/mol. The van der Waals surface area contributed by atoms with Crippen molar-refractivity contribution < 1.29 is 17.9 Å². The van der Waals surface area contributed by atoms with E-state index in [2.05, 4.69) is 14.3 Å². The van der Waals surface area contributed by atoms with Crippen molar-refractivity contribution in [1.29, 1.82) is 0 Å². The van der Waals surface area contributed by atoms with Gasteiger partial charge in [-0.3, -0.25) is 4.90 Å². The summed E-state index contributed by atoms with van der Waals surface area (Å²) in [5.41, 5.74) is 1.05. The van der Waals surface area contributed by atoms with E-state index in [1.807, 2.05) is 24.3 Å². The Morgan fingerprint density at radius 3 is 2.43 bits per heavy atom. The summed E-state index contributed by atoms with van der Waals surface area (Å²) in [5.74, 6) is 0.780. The smallest absolute Gasteiger partial charge is 0.276 e. The van der Waals surface area contributed by atoms with Crippen LogP contribution in [-0.4, -0.2) is 59.8 Å². The molecule has 2 rings (SSSR count). The van der Waals surface area contributed by atoms with Gasteiger partial charge >= 0.3 is 0 Å². The second kappa shape index (κ2) is 8.60. The summed E-state index contributed by atoms with van der Waals surface area (Å²) in [6.45, 7) is 5.29. The molecule has 130 valence electrons. The number of morpholine rings is 1. The van der Waals surface area contributed by atoms with Crippen LogP contribution in [0.3, 0.4) is 0 Å². The van der Waals surface area contributed by atoms with Crippen LogP contribution in [0.1, 0.15) is 18.5 Å². The van der Waals surface area contributed by atoms with Gasteiger partial charge in [-0.25, -0.2) is 9.44 Å². The molecule has 0 aromatic heterocycles. The zero-order valence-corrected chi connectivity index (χ0v) is 14.4. The summed E-state index contributed by atoms with van der Waals surface area (Å²) in [4.78, 5) is 2.24. The molecular weight excluding hydrogens is 318 g/mol. The molecule has 2 N–H and O–H groups in total. The molecule has 8 heteroatoms. The molecule has 1 fully saturated rings. The fourth-order valence-electron chi connectivity index (χ4n) is 2.60. The molecule has 0 aliphatic carbocycles. The first-order valence-corrected chi connectivity index (χ1v) is 9.24. The minimum Gasteiger partial charge on any atom is -0.497 e. The molecular formula is C15H25N3O4S. The largest absolute Gasteiger partial charge is 0.497 e. The Morgan fingerprint density at radius 2 is 1.87 bits per heavy atom. The molecule has 1 heterocycles. The van der Waals surface area contributed by atoms with Crippen molar-refractivity contribution in [3.8, 4) is 5.75 Å². The number of ether oxygens (including phenoxy) is 2. The molecule has 1 aliphatic rings. The summed E-state index contributed by atoms with van der Waals surface area (Å²) in [6, 6.07) is 7.68. The minimum absolute atomic E-state index is 0.0433. The zero-order chi connectivity index (χ0) is 16.7. The van der Waals surface area contributed by atoms with Crippen molar-refractivity contribution >= 4 is 10.2 Å². The Kier molecular flexibility index (Phi) is 6.79. The lowest BCUT2D eigenvalue weighted by molar-refractivity contribution is 0.0172. The predicted octanol–water partition coefficient (Wildman–Crippen LogP) is 0.512. The van der Waals surface area contributed by atoms with E-state index in [-0.39, 0.29) is 6.04 Å². The fourth-order valence-corrected chi connectivity index (χ4v) is 3.46. The van der Waals surface area contributed by atoms with E-state index in [0.29, 0.717) is 26.3 Å². The lowest BCUT2D eigenvalue weighted by Gasteiger charge is -2.34. The number of rotatable bonds is 8. The highest BCUT2D eigenvalue weighted by Gasteiger charge is 2.24. The van der Waals surface area contributed by atoms with Gasteiger partial charge in [-0.1, -0.05) is 19.1 Å². The number of hydrogen-bond donors (Lipinski definition) is 2. The molecule has 0 spiro atoms. The normalized spacial score (nSPS) is 17.8. The van der Waals surface area contributed by atoms with Crippen LogP contribution in [-0.2, 0) is 14.9 Å². The molecule has 1 aliphatic heterocycles. The summed E-state index contributed by atoms with van der Waals surface area (Å²) >= 11 is 0. The van der Waals surface area contributed by atoms with Crippen LogP contribution >= 0.6 is 0 Å². The van der Waals surface area contributed by atoms with E-state index in [1.165, 1.54) is 0 Å². The van der Waals surface area contributed by atoms with Gasteiger partial charge in [-0.05, 0) is 17.7 Å². The molecule has 1 aromatic carbocycles. The average Bonchev–Trinajstić information content (AvgIpc) is 2.56. The van der Waals surface area contributed by atoms with Crippen molar-refractivity contribution in [2.45, 2.75) is 13.0 Å². The summed E-state index contributed by atoms with van der Waals surface area (Å²) < 4.78 is 39.4. The van der Waals surface area contributed by atoms with Crippen LogP contribution in [0.15, 0.2) is 24.3 Å². The van der Waals surface area contributed by atoms with E-state index in [0.717, 1.165) is 24.4 Å². The first-order valence-electron chi connectivity index (χ1n) is 7.75. The van der Waals surface area contributed by atoms with Crippen LogP contribution in [0.4, 0.5) is 0 Å². The standard InChI is InChI=1S/C15H25N3O4S/c1-3-16-23(19,20)17-12-15(18-8-10-22-11-9-18)13-4-6-14(21-2)7-5-13/h4-7,15-17H,3,8-12H2,1-2H3. The van der Waals surface area contributed by atoms with Gasteiger partial charge in [0.25, 0.3) is 10.2 Å². The maximum absolute atomic E-state index is 11.9. The first-order chi connectivity index (χ1) is 11.1. The first kappa shape index (κ1) is 18.2. The summed E-state index contributed by atoms with van der Waals surface area (Å²) in [7, 11) is -1.84. The highest BCUT2D eigenvalue weighted by Crippen LogP contribution is 2.23. The van der Waals surface area contributed by atoms with Gasteiger partial charge in [-0.15, -0.1) is 0 Å². The zero-order valence-electron chi connectivity index (χ0n) is 13.6. The Hall–Kier alpha value is -1.19. The van der Waals surface area contributed by atoms with E-state index in [9.17, 15) is 8.42 Å². The van der Waals surface area contributed by atoms with Crippen LogP contribution in [0.5, 0.6) is 5.75 Å². The third-order valence-electron chi connectivity index (χ3n) is 3.79. The van der Waals surface area contributed by atoms with Crippen LogP contribution in [0, 0.1) is 0 Å². The van der Waals surface area contributed by atoms with E-state index in [1.54, 1.807) is 14.0 Å². The number of nitrogens with zero attached hydrogens (tertiary/aromatic N) is 1. The number of methoxy groups -OCH3 is 1. The molecule has 0 bridgehead atoms. The van der Waals surface area contributed by atoms with Crippen molar-refractivity contribution in [2.24, 2.45) is 0 Å². The highest BCUT2D eigenvalue weighted by atomic mass is 32.2. The van der Waals surface area contributed by atoms with E-state index >= 15 is 0 Å². The predicted molar refractivity (Wildman–Crippen MR) is 88.7 cm³/mol. The van der Waals surface area contributed by atoms with Crippen molar-refractivity contribution in [2.75, 3.05) is 46.5 Å². The van der Waals surface area contributed by atoms with Gasteiger partial charge in [0.2, 0.25) is 0 Å². The maximum atomic E-state index is 11.9. The van der Waals surface area contributed by atoms with Crippen molar-refractivity contribution in [3.05, 3.63) is 29.8 Å². The topological polar surface area (TPSA) is 79.9 Å². The van der Waals surface area contributed by atoms with Gasteiger partial charge in [-0.2, -0.15) is 8.42 Å². The molecule has 7 nitrogen and oxygen atoms in total. The maximum Gasteiger partial charge on any atom is 0.276 e. The van der Waals surface area contributed by atoms with Gasteiger partial charge in [0, 0.05) is 32.2 Å². The quantitative estimate of drug-likeness (QED) is 0.719. The third kappa shape index (κ3) is 5.43. The molecule has 1 atom stereocenters. The molecule has 1 aromatic rings. The van der Waals surface area contributed by atoms with E-state index < -0.39 is 10.2 Å². The van der Waals surface area contributed by atoms with Crippen molar-refractivity contribution in [1.82, 2.24) is 14.3 Å². The fraction of sp³-hybridized carbons (Fsp3) is 0.600. The third-order valence-corrected chi connectivity index (χ3v) is 5.00. The Balaban J connectivity index is 2.13. The summed E-state index contributed by atoms with van der Waals surface area (Å²) in [6.07, 6.45) is 0. The molecule has 0 saturated carbocycles. The van der Waals surface area contributed by atoms with Crippen LogP contribution < -0.4 is 14.2 Å². The van der Waals surface area contributed by atoms with E-state index in [4.69, 9.17) is 9.47 Å². The van der Waals surface area contributed by atoms with Gasteiger partial charge in [0.1, 0.15) is 5.75 Å². The summed E-state index contributed by atoms with van der Waals surface area (Å²) in [5, 5.41) is 0. The van der Waals surface area contributed by atoms with Crippen LogP contribution in [0.2, 0.25) is 0 Å². The molecule has 1 unspecified atom stereocenters. The Labute approximate surface area is 138 Å². The van der Waals surface area contributed by atoms with Gasteiger partial charge < -0.3 is 9.47 Å². The molecule has 23 heavy (non-hydrogen) atoms. The molecule has 0 amide bonds. The highest BCUT2D eigenvalue weighted by molar-refractivity contribution is 7.87. The van der Waals surface area contributed by atoms with Crippen LogP contribution in [0.25, 0.3) is 0 Å². The second-order valence-corrected chi connectivity index (χ2v) is 6.87. The number of benzene rings is 1. The number of hydrogen-bond acceptors (Lipinski definition) is 5. The van der Waals surface area contributed by atoms with Gasteiger partial charge in [0.05, 0.1) is 20.3 Å². The second-order valence-electron chi connectivity index (χ2n) is 5.29. The van der Waals surface area contributed by atoms with Gasteiger partial charge in [0.15, 0.2) is 0 Å². The average molecular weight is 343 g/mol. The molecule has 0 radical (unpaired) electrons. The SMILES string of the molecule is CCNS(=O)(=O)NCC(c1ccc(OC)cc1)N1CCOCC1. The Morgan fingerprint density at radius 1 is 1.22 bits per heavy atom. The minimum atomic E-state index is -3.47. The number of nitrogens with one attached hydrogen (secondary N) is 2. The lowest BCUT2D eigenvalue weighted by atomic mass is 10.0. The lowest BCUT2D eigenvalue weighted by Crippen LogP contribution is -2.45. The molecule has 1 saturated heterocycles. The van der Waals surface area contributed by atoms with Crippen molar-refractivity contribution in [3.63, 3.8) is 0 Å².